The molecule has 2 N–H and O–H groups in total. The fourth-order valence-electron chi connectivity index (χ4n) is 3.96. The minimum absolute atomic E-state index is 0.0128. The molecular weight excluding hydrogens is 513 g/mol. The standard InChI is InChI=1S/C22H22ClF3N10O/c1-13(10-35-12-30-33-34-35)37-19-6-14(2-3-17(19)23)15-7-28-21(29-8-15)31-18-11-36(16-4-5-27-9-16)32-20(18)22(24,25)26/h2-3,6-8,11-13,16,27H,4-5,9-10H2,1H3,(H,28,29,31)/t13-,16?/m0/s1. The molecule has 0 saturated carbocycles. The topological polar surface area (TPSA) is 120 Å². The van der Waals surface area contributed by atoms with Crippen molar-refractivity contribution < 1.29 is 17.9 Å². The number of nitrogens with one attached hydrogen (secondary N) is 2. The van der Waals surface area contributed by atoms with E-state index in [2.05, 4.69) is 41.2 Å². The van der Waals surface area contributed by atoms with E-state index in [1.54, 1.807) is 22.9 Å². The van der Waals surface area contributed by atoms with Gasteiger partial charge in [0.05, 0.1) is 23.3 Å². The Labute approximate surface area is 214 Å². The molecule has 4 aromatic rings. The van der Waals surface area contributed by atoms with Crippen LogP contribution in [0.25, 0.3) is 11.1 Å². The van der Waals surface area contributed by atoms with Gasteiger partial charge in [-0.1, -0.05) is 17.7 Å². The molecule has 37 heavy (non-hydrogen) atoms. The first-order valence-electron chi connectivity index (χ1n) is 11.4. The van der Waals surface area contributed by atoms with Gasteiger partial charge in [-0.3, -0.25) is 4.68 Å². The van der Waals surface area contributed by atoms with Crippen molar-refractivity contribution in [3.8, 4) is 16.9 Å². The number of halogens is 4. The van der Waals surface area contributed by atoms with Crippen molar-refractivity contribution in [1.82, 2.24) is 45.3 Å². The maximum Gasteiger partial charge on any atom is 0.437 e. The van der Waals surface area contributed by atoms with Crippen LogP contribution in [0, 0.1) is 0 Å². The van der Waals surface area contributed by atoms with Crippen LogP contribution < -0.4 is 15.4 Å². The molecule has 1 fully saturated rings. The third kappa shape index (κ3) is 5.80. The molecule has 1 saturated heterocycles. The number of hydrogen-bond donors (Lipinski definition) is 2. The van der Waals surface area contributed by atoms with Crippen molar-refractivity contribution in [2.24, 2.45) is 0 Å². The van der Waals surface area contributed by atoms with Gasteiger partial charge >= 0.3 is 6.18 Å². The zero-order valence-electron chi connectivity index (χ0n) is 19.5. The summed E-state index contributed by atoms with van der Waals surface area (Å²) in [4.78, 5) is 8.41. The van der Waals surface area contributed by atoms with Crippen LogP contribution in [0.4, 0.5) is 24.8 Å². The number of anilines is 2. The molecule has 0 radical (unpaired) electrons. The first kappa shape index (κ1) is 24.9. The van der Waals surface area contributed by atoms with Crippen molar-refractivity contribution in [2.45, 2.75) is 38.2 Å². The van der Waals surface area contributed by atoms with E-state index in [0.29, 0.717) is 35.8 Å². The molecule has 0 amide bonds. The Morgan fingerprint density at radius 2 is 2.05 bits per heavy atom. The summed E-state index contributed by atoms with van der Waals surface area (Å²) >= 11 is 6.31. The fraction of sp³-hybridized carbons (Fsp3) is 0.364. The van der Waals surface area contributed by atoms with Crippen molar-refractivity contribution >= 4 is 23.2 Å². The summed E-state index contributed by atoms with van der Waals surface area (Å²) in [6.07, 6.45) is 1.64. The maximum atomic E-state index is 13.6. The lowest BCUT2D eigenvalue weighted by molar-refractivity contribution is -0.140. The fourth-order valence-corrected chi connectivity index (χ4v) is 4.12. The van der Waals surface area contributed by atoms with E-state index >= 15 is 0 Å². The molecule has 15 heteroatoms. The van der Waals surface area contributed by atoms with E-state index < -0.39 is 11.9 Å². The molecular formula is C22H22ClF3N10O. The minimum atomic E-state index is -4.62. The Morgan fingerprint density at radius 1 is 1.24 bits per heavy atom. The molecule has 1 aliphatic rings. The molecule has 0 spiro atoms. The summed E-state index contributed by atoms with van der Waals surface area (Å²) < 4.78 is 49.6. The predicted octanol–water partition coefficient (Wildman–Crippen LogP) is 3.74. The maximum absolute atomic E-state index is 13.6. The third-order valence-electron chi connectivity index (χ3n) is 5.74. The highest BCUT2D eigenvalue weighted by atomic mass is 35.5. The summed E-state index contributed by atoms with van der Waals surface area (Å²) in [6.45, 7) is 3.57. The molecule has 194 valence electrons. The van der Waals surface area contributed by atoms with Crippen LogP contribution in [0.2, 0.25) is 5.02 Å². The predicted molar refractivity (Wildman–Crippen MR) is 127 cm³/mol. The van der Waals surface area contributed by atoms with E-state index in [1.165, 1.54) is 29.6 Å². The van der Waals surface area contributed by atoms with Crippen LogP contribution in [-0.4, -0.2) is 59.1 Å². The molecule has 3 aromatic heterocycles. The molecule has 5 rings (SSSR count). The number of aromatic nitrogens is 8. The van der Waals surface area contributed by atoms with E-state index in [1.807, 2.05) is 6.92 Å². The largest absolute Gasteiger partial charge is 0.487 e. The average molecular weight is 535 g/mol. The highest BCUT2D eigenvalue weighted by molar-refractivity contribution is 6.32. The van der Waals surface area contributed by atoms with Gasteiger partial charge in [0.1, 0.15) is 18.2 Å². The Hall–Kier alpha value is -3.78. The quantitative estimate of drug-likeness (QED) is 0.348. The second-order valence-corrected chi connectivity index (χ2v) is 8.95. The van der Waals surface area contributed by atoms with Gasteiger partial charge < -0.3 is 15.4 Å². The molecule has 0 aliphatic carbocycles. The Balaban J connectivity index is 1.32. The van der Waals surface area contributed by atoms with Crippen LogP contribution in [0.3, 0.4) is 0 Å². The highest BCUT2D eigenvalue weighted by Gasteiger charge is 2.38. The average Bonchev–Trinajstić information content (AvgIpc) is 3.63. The van der Waals surface area contributed by atoms with E-state index in [4.69, 9.17) is 16.3 Å². The van der Waals surface area contributed by atoms with Crippen LogP contribution in [0.5, 0.6) is 5.75 Å². The monoisotopic (exact) mass is 534 g/mol. The van der Waals surface area contributed by atoms with Gasteiger partial charge in [-0.2, -0.15) is 18.3 Å². The summed E-state index contributed by atoms with van der Waals surface area (Å²) in [5, 5.41) is 21.0. The summed E-state index contributed by atoms with van der Waals surface area (Å²) in [7, 11) is 0. The number of tetrazole rings is 1. The SMILES string of the molecule is C[C@@H](Cn1cnnn1)Oc1cc(-c2cnc(Nc3cn(C4CCNC4)nc3C(F)(F)F)nc2)ccc1Cl. The molecule has 1 aromatic carbocycles. The lowest BCUT2D eigenvalue weighted by Crippen LogP contribution is -2.20. The van der Waals surface area contributed by atoms with Gasteiger partial charge in [0.2, 0.25) is 5.95 Å². The molecule has 1 unspecified atom stereocenters. The van der Waals surface area contributed by atoms with E-state index in [9.17, 15) is 13.2 Å². The molecule has 0 bridgehead atoms. The first-order chi connectivity index (χ1) is 17.8. The van der Waals surface area contributed by atoms with Gasteiger partial charge in [-0.15, -0.1) is 5.10 Å². The van der Waals surface area contributed by atoms with Gasteiger partial charge in [0.15, 0.2) is 5.69 Å². The lowest BCUT2D eigenvalue weighted by atomic mass is 10.1. The van der Waals surface area contributed by atoms with Crippen molar-refractivity contribution in [3.05, 3.63) is 53.8 Å². The second kappa shape index (κ2) is 10.3. The minimum Gasteiger partial charge on any atom is -0.487 e. The van der Waals surface area contributed by atoms with Crippen molar-refractivity contribution in [1.29, 1.82) is 0 Å². The van der Waals surface area contributed by atoms with Crippen LogP contribution in [0.15, 0.2) is 43.1 Å². The van der Waals surface area contributed by atoms with Crippen LogP contribution in [-0.2, 0) is 12.7 Å². The van der Waals surface area contributed by atoms with Crippen LogP contribution >= 0.6 is 11.6 Å². The Kier molecular flexibility index (Phi) is 6.93. The first-order valence-corrected chi connectivity index (χ1v) is 11.8. The molecule has 1 aliphatic heterocycles. The molecule has 4 heterocycles. The summed E-state index contributed by atoms with van der Waals surface area (Å²) in [5.74, 6) is 0.462. The molecule has 2 atom stereocenters. The summed E-state index contributed by atoms with van der Waals surface area (Å²) in [6, 6.07) is 5.06. The van der Waals surface area contributed by atoms with Crippen molar-refractivity contribution in [3.63, 3.8) is 0 Å². The zero-order chi connectivity index (χ0) is 26.0. The lowest BCUT2D eigenvalue weighted by Gasteiger charge is -2.16. The number of alkyl halides is 3. The van der Waals surface area contributed by atoms with Gasteiger partial charge in [0.25, 0.3) is 0 Å². The highest BCUT2D eigenvalue weighted by Crippen LogP contribution is 2.36. The normalized spacial score (nSPS) is 16.6. The van der Waals surface area contributed by atoms with E-state index in [-0.39, 0.29) is 23.8 Å². The number of ether oxygens (including phenoxy) is 1. The van der Waals surface area contributed by atoms with Gasteiger partial charge in [-0.05, 0) is 48.0 Å². The number of hydrogen-bond acceptors (Lipinski definition) is 9. The zero-order valence-corrected chi connectivity index (χ0v) is 20.3. The Morgan fingerprint density at radius 3 is 2.73 bits per heavy atom. The van der Waals surface area contributed by atoms with Gasteiger partial charge in [-0.25, -0.2) is 14.6 Å². The van der Waals surface area contributed by atoms with E-state index in [0.717, 1.165) is 12.1 Å². The molecule has 11 nitrogen and oxygen atoms in total. The summed E-state index contributed by atoms with van der Waals surface area (Å²) in [5.41, 5.74) is 0.135. The van der Waals surface area contributed by atoms with Gasteiger partial charge in [0, 0.05) is 30.7 Å². The second-order valence-electron chi connectivity index (χ2n) is 8.54. The number of nitrogens with zero attached hydrogens (tertiary/aromatic N) is 8. The number of benzene rings is 1. The van der Waals surface area contributed by atoms with Crippen LogP contribution in [0.1, 0.15) is 25.1 Å². The number of rotatable bonds is 8. The van der Waals surface area contributed by atoms with Crippen molar-refractivity contribution in [2.75, 3.05) is 18.4 Å². The smallest absolute Gasteiger partial charge is 0.437 e. The Bertz CT molecular complexity index is 1340. The third-order valence-corrected chi connectivity index (χ3v) is 6.05.